The zero-order valence-electron chi connectivity index (χ0n) is 22.8. The van der Waals surface area contributed by atoms with Crippen molar-refractivity contribution in [1.29, 1.82) is 0 Å². The van der Waals surface area contributed by atoms with E-state index in [1.807, 2.05) is 18.3 Å². The van der Waals surface area contributed by atoms with Gasteiger partial charge in [-0.3, -0.25) is 9.69 Å². The van der Waals surface area contributed by atoms with Gasteiger partial charge >= 0.3 is 0 Å². The summed E-state index contributed by atoms with van der Waals surface area (Å²) in [6.07, 6.45) is 5.68. The highest BCUT2D eigenvalue weighted by Crippen LogP contribution is 2.31. The first-order valence-electron chi connectivity index (χ1n) is 14.5. The molecule has 2 fully saturated rings. The molecule has 3 aliphatic heterocycles. The van der Waals surface area contributed by atoms with Crippen LogP contribution in [0.15, 0.2) is 73.1 Å². The highest BCUT2D eigenvalue weighted by Gasteiger charge is 2.38. The molecule has 5 heterocycles. The van der Waals surface area contributed by atoms with Crippen molar-refractivity contribution in [1.82, 2.24) is 14.9 Å². The van der Waals surface area contributed by atoms with Gasteiger partial charge in [0.15, 0.2) is 5.78 Å². The fourth-order valence-electron chi connectivity index (χ4n) is 6.57. The lowest BCUT2D eigenvalue weighted by Gasteiger charge is -2.44. The van der Waals surface area contributed by atoms with Gasteiger partial charge in [-0.25, -0.2) is 4.98 Å². The number of para-hydroxylation sites is 1. The molecular weight excluding hydrogens is 500 g/mol. The Kier molecular flexibility index (Phi) is 6.87. The van der Waals surface area contributed by atoms with Crippen LogP contribution >= 0.6 is 0 Å². The Balaban J connectivity index is 1.13. The number of piperazine rings is 1. The van der Waals surface area contributed by atoms with Gasteiger partial charge in [-0.05, 0) is 54.8 Å². The maximum Gasteiger partial charge on any atom is 0.183 e. The highest BCUT2D eigenvalue weighted by molar-refractivity contribution is 6.01. The molecule has 2 saturated heterocycles. The number of fused-ring (bicyclic) bond motifs is 2. The van der Waals surface area contributed by atoms with Gasteiger partial charge in [0.05, 0.1) is 19.3 Å². The third-order valence-electron chi connectivity index (χ3n) is 8.72. The lowest BCUT2D eigenvalue weighted by atomic mass is 9.88. The van der Waals surface area contributed by atoms with Crippen LogP contribution < -0.4 is 15.1 Å². The van der Waals surface area contributed by atoms with Gasteiger partial charge in [-0.1, -0.05) is 24.3 Å². The van der Waals surface area contributed by atoms with Crippen LogP contribution in [-0.2, 0) is 11.2 Å². The number of pyridine rings is 1. The molecule has 2 N–H and O–H groups in total. The van der Waals surface area contributed by atoms with E-state index in [1.165, 1.54) is 16.6 Å². The number of carbonyl (C=O) groups excluding carboxylic acids is 1. The van der Waals surface area contributed by atoms with E-state index >= 15 is 0 Å². The number of rotatable bonds is 6. The topological polar surface area (TPSA) is 76.7 Å². The second kappa shape index (κ2) is 10.9. The van der Waals surface area contributed by atoms with Crippen molar-refractivity contribution < 1.29 is 9.53 Å². The SMILES string of the molecule is O=C(c1ccc(N2CCOCC2)nc1)C(C1CCc2ccccc2N1)N1CCN(c2cccc3[nH]ccc23)CC1. The highest BCUT2D eigenvalue weighted by atomic mass is 16.5. The number of aromatic nitrogens is 2. The number of ketones is 1. The number of hydrogen-bond donors (Lipinski definition) is 2. The molecule has 4 aromatic rings. The fraction of sp³-hybridized carbons (Fsp3) is 0.375. The van der Waals surface area contributed by atoms with Crippen molar-refractivity contribution in [2.24, 2.45) is 0 Å². The van der Waals surface area contributed by atoms with Gasteiger partial charge in [-0.15, -0.1) is 0 Å². The van der Waals surface area contributed by atoms with Crippen molar-refractivity contribution in [2.75, 3.05) is 67.6 Å². The fourth-order valence-corrected chi connectivity index (χ4v) is 6.57. The van der Waals surface area contributed by atoms with Gasteiger partial charge in [-0.2, -0.15) is 0 Å². The summed E-state index contributed by atoms with van der Waals surface area (Å²) >= 11 is 0. The maximum atomic E-state index is 14.3. The van der Waals surface area contributed by atoms with E-state index in [4.69, 9.17) is 9.72 Å². The summed E-state index contributed by atoms with van der Waals surface area (Å²) in [6, 6.07) is 20.8. The number of anilines is 3. The van der Waals surface area contributed by atoms with Crippen molar-refractivity contribution in [3.63, 3.8) is 0 Å². The molecule has 0 amide bonds. The third kappa shape index (κ3) is 4.82. The number of Topliss-reactive ketones (excluding diaryl/α,β-unsaturated/α-hetero) is 1. The normalized spacial score (nSPS) is 20.6. The van der Waals surface area contributed by atoms with E-state index in [0.29, 0.717) is 18.8 Å². The maximum absolute atomic E-state index is 14.3. The zero-order valence-corrected chi connectivity index (χ0v) is 22.8. The van der Waals surface area contributed by atoms with Crippen LogP contribution in [0.5, 0.6) is 0 Å². The van der Waals surface area contributed by atoms with E-state index in [0.717, 1.165) is 69.1 Å². The largest absolute Gasteiger partial charge is 0.380 e. The molecule has 0 spiro atoms. The van der Waals surface area contributed by atoms with Gasteiger partial charge < -0.3 is 24.8 Å². The summed E-state index contributed by atoms with van der Waals surface area (Å²) in [5, 5.41) is 5.00. The van der Waals surface area contributed by atoms with Crippen LogP contribution in [0.3, 0.4) is 0 Å². The number of H-pyrrole nitrogens is 1. The molecule has 0 saturated carbocycles. The number of nitrogens with zero attached hydrogens (tertiary/aromatic N) is 4. The standard InChI is InChI=1S/C32H36N6O2/c39-32(24-9-11-30(34-22-24)37-18-20-40-21-19-37)31(28-10-8-23-4-1-2-5-26(23)35-28)38-16-14-36(15-17-38)29-7-3-6-27-25(29)12-13-33-27/h1-7,9,11-13,22,28,31,33,35H,8,10,14-21H2. The van der Waals surface area contributed by atoms with E-state index < -0.39 is 0 Å². The summed E-state index contributed by atoms with van der Waals surface area (Å²) in [4.78, 5) is 29.4. The molecule has 0 aliphatic carbocycles. The molecule has 40 heavy (non-hydrogen) atoms. The Morgan fingerprint density at radius 3 is 2.58 bits per heavy atom. The molecule has 2 aromatic heterocycles. The minimum Gasteiger partial charge on any atom is -0.380 e. The van der Waals surface area contributed by atoms with E-state index in [9.17, 15) is 4.79 Å². The number of hydrogen-bond acceptors (Lipinski definition) is 7. The van der Waals surface area contributed by atoms with Gasteiger partial charge in [0.25, 0.3) is 0 Å². The Morgan fingerprint density at radius 1 is 0.900 bits per heavy atom. The lowest BCUT2D eigenvalue weighted by Crippen LogP contribution is -2.58. The Morgan fingerprint density at radius 2 is 1.75 bits per heavy atom. The third-order valence-corrected chi connectivity index (χ3v) is 8.72. The molecule has 0 radical (unpaired) electrons. The number of morpholine rings is 1. The van der Waals surface area contributed by atoms with Crippen LogP contribution in [0.1, 0.15) is 22.3 Å². The van der Waals surface area contributed by atoms with E-state index in [2.05, 4.69) is 73.5 Å². The number of benzene rings is 2. The lowest BCUT2D eigenvalue weighted by molar-refractivity contribution is 0.0771. The molecule has 8 heteroatoms. The van der Waals surface area contributed by atoms with Crippen LogP contribution in [-0.4, -0.2) is 85.2 Å². The van der Waals surface area contributed by atoms with Crippen molar-refractivity contribution in [3.8, 4) is 0 Å². The molecule has 2 unspecified atom stereocenters. The minimum atomic E-state index is -0.255. The summed E-state index contributed by atoms with van der Waals surface area (Å²) in [7, 11) is 0. The quantitative estimate of drug-likeness (QED) is 0.358. The molecule has 2 atom stereocenters. The first-order chi connectivity index (χ1) is 19.7. The summed E-state index contributed by atoms with van der Waals surface area (Å²) in [5.74, 6) is 1.06. The van der Waals surface area contributed by atoms with Gasteiger partial charge in [0.1, 0.15) is 5.82 Å². The van der Waals surface area contributed by atoms with E-state index in [-0.39, 0.29) is 17.9 Å². The molecule has 0 bridgehead atoms. The average Bonchev–Trinajstić information content (AvgIpc) is 3.51. The predicted octanol–water partition coefficient (Wildman–Crippen LogP) is 4.20. The smallest absolute Gasteiger partial charge is 0.183 e. The first-order valence-corrected chi connectivity index (χ1v) is 14.5. The monoisotopic (exact) mass is 536 g/mol. The van der Waals surface area contributed by atoms with Crippen LogP contribution in [0.25, 0.3) is 10.9 Å². The minimum absolute atomic E-state index is 0.0426. The molecule has 3 aliphatic rings. The van der Waals surface area contributed by atoms with Crippen molar-refractivity contribution in [3.05, 3.63) is 84.2 Å². The first kappa shape index (κ1) is 25.1. The zero-order chi connectivity index (χ0) is 26.9. The number of ether oxygens (including phenoxy) is 1. The molecule has 8 nitrogen and oxygen atoms in total. The number of aromatic amines is 1. The number of nitrogens with one attached hydrogen (secondary N) is 2. The van der Waals surface area contributed by atoms with Crippen LogP contribution in [0.2, 0.25) is 0 Å². The van der Waals surface area contributed by atoms with Crippen LogP contribution in [0.4, 0.5) is 17.2 Å². The van der Waals surface area contributed by atoms with Crippen LogP contribution in [0, 0.1) is 0 Å². The van der Waals surface area contributed by atoms with Crippen molar-refractivity contribution >= 4 is 33.9 Å². The molecule has 206 valence electrons. The Bertz CT molecular complexity index is 1470. The second-order valence-corrected chi connectivity index (χ2v) is 11.0. The molecule has 2 aromatic carbocycles. The van der Waals surface area contributed by atoms with Gasteiger partial charge in [0.2, 0.25) is 0 Å². The van der Waals surface area contributed by atoms with E-state index in [1.54, 1.807) is 6.20 Å². The summed E-state index contributed by atoms with van der Waals surface area (Å²) in [6.45, 7) is 6.50. The summed E-state index contributed by atoms with van der Waals surface area (Å²) < 4.78 is 5.49. The Labute approximate surface area is 234 Å². The predicted molar refractivity (Wildman–Crippen MR) is 160 cm³/mol. The van der Waals surface area contributed by atoms with Crippen molar-refractivity contribution in [2.45, 2.75) is 24.9 Å². The Hall–Kier alpha value is -3.88. The van der Waals surface area contributed by atoms with Gasteiger partial charge in [0, 0.05) is 85.5 Å². The number of carbonyl (C=O) groups is 1. The number of aryl methyl sites for hydroxylation is 1. The summed E-state index contributed by atoms with van der Waals surface area (Å²) in [5.41, 5.74) is 5.57. The second-order valence-electron chi connectivity index (χ2n) is 11.0. The molecule has 7 rings (SSSR count). The average molecular weight is 537 g/mol. The molecular formula is C32H36N6O2.